The molecule has 7 nitrogen and oxygen atoms in total. The summed E-state index contributed by atoms with van der Waals surface area (Å²) in [6.07, 6.45) is 1.11. The maximum Gasteiger partial charge on any atom is 0.251 e. The number of ether oxygens (including phenoxy) is 2. The zero-order valence-corrected chi connectivity index (χ0v) is 17.4. The molecular weight excluding hydrogens is 356 g/mol. The van der Waals surface area contributed by atoms with Crippen LogP contribution in [0.1, 0.15) is 36.2 Å². The van der Waals surface area contributed by atoms with Gasteiger partial charge in [0.15, 0.2) is 5.96 Å². The third kappa shape index (κ3) is 7.13. The molecule has 0 saturated carbocycles. The standard InChI is InChI=1S/C21H34N4O3/c1-4-22-20(26)19-8-6-17(7-9-19)14-24-21(23-5-2)25-11-10-18(15-25)16-28-13-12-27-3/h6-9,18H,4-5,10-16H2,1-3H3,(H,22,26)(H,23,24). The Balaban J connectivity index is 1.89. The summed E-state index contributed by atoms with van der Waals surface area (Å²) in [4.78, 5) is 18.9. The normalized spacial score (nSPS) is 17.0. The van der Waals surface area contributed by atoms with Gasteiger partial charge in [-0.3, -0.25) is 4.79 Å². The Morgan fingerprint density at radius 1 is 1.18 bits per heavy atom. The van der Waals surface area contributed by atoms with E-state index in [1.165, 1.54) is 0 Å². The fourth-order valence-electron chi connectivity index (χ4n) is 3.17. The summed E-state index contributed by atoms with van der Waals surface area (Å²) in [5, 5.41) is 6.20. The molecule has 0 radical (unpaired) electrons. The number of rotatable bonds is 10. The number of amides is 1. The van der Waals surface area contributed by atoms with E-state index in [0.29, 0.717) is 37.8 Å². The van der Waals surface area contributed by atoms with Gasteiger partial charge in [0, 0.05) is 44.8 Å². The molecule has 7 heteroatoms. The highest BCUT2D eigenvalue weighted by molar-refractivity contribution is 5.94. The van der Waals surface area contributed by atoms with Gasteiger partial charge in [-0.1, -0.05) is 12.1 Å². The van der Waals surface area contributed by atoms with Gasteiger partial charge in [-0.05, 0) is 38.0 Å². The third-order valence-corrected chi connectivity index (χ3v) is 4.67. The van der Waals surface area contributed by atoms with Crippen molar-refractivity contribution in [3.63, 3.8) is 0 Å². The van der Waals surface area contributed by atoms with E-state index in [1.54, 1.807) is 7.11 Å². The van der Waals surface area contributed by atoms with E-state index in [2.05, 4.69) is 22.5 Å². The Kier molecular flexibility index (Phi) is 9.79. The molecule has 1 amide bonds. The van der Waals surface area contributed by atoms with Crippen LogP contribution >= 0.6 is 0 Å². The lowest BCUT2D eigenvalue weighted by Crippen LogP contribution is -2.40. The Morgan fingerprint density at radius 2 is 1.93 bits per heavy atom. The molecule has 1 aromatic carbocycles. The number of aliphatic imine (C=N–C) groups is 1. The Bertz CT molecular complexity index is 619. The van der Waals surface area contributed by atoms with E-state index >= 15 is 0 Å². The second-order valence-electron chi connectivity index (χ2n) is 6.89. The molecule has 1 fully saturated rings. The average molecular weight is 391 g/mol. The molecule has 1 aliphatic heterocycles. The second kappa shape index (κ2) is 12.4. The number of likely N-dealkylation sites (tertiary alicyclic amines) is 1. The highest BCUT2D eigenvalue weighted by atomic mass is 16.5. The average Bonchev–Trinajstić information content (AvgIpc) is 3.18. The van der Waals surface area contributed by atoms with Crippen molar-refractivity contribution in [2.75, 3.05) is 53.1 Å². The van der Waals surface area contributed by atoms with E-state index in [1.807, 2.05) is 31.2 Å². The number of nitrogens with zero attached hydrogens (tertiary/aromatic N) is 2. The summed E-state index contributed by atoms with van der Waals surface area (Å²) in [6.45, 7) is 10.0. The van der Waals surface area contributed by atoms with Crippen molar-refractivity contribution in [2.45, 2.75) is 26.8 Å². The number of methoxy groups -OCH3 is 1. The predicted molar refractivity (Wildman–Crippen MR) is 112 cm³/mol. The molecule has 28 heavy (non-hydrogen) atoms. The van der Waals surface area contributed by atoms with Crippen LogP contribution in [0.25, 0.3) is 0 Å². The van der Waals surface area contributed by atoms with Crippen LogP contribution in [0.4, 0.5) is 0 Å². The lowest BCUT2D eigenvalue weighted by atomic mass is 10.1. The first-order chi connectivity index (χ1) is 13.7. The maximum absolute atomic E-state index is 11.9. The minimum atomic E-state index is -0.0401. The zero-order valence-electron chi connectivity index (χ0n) is 17.4. The molecule has 2 rings (SSSR count). The number of guanidine groups is 1. The minimum Gasteiger partial charge on any atom is -0.382 e. The van der Waals surface area contributed by atoms with E-state index in [-0.39, 0.29) is 5.91 Å². The maximum atomic E-state index is 11.9. The Hall–Kier alpha value is -2.12. The molecule has 2 N–H and O–H groups in total. The quantitative estimate of drug-likeness (QED) is 0.363. The van der Waals surface area contributed by atoms with Crippen molar-refractivity contribution in [1.82, 2.24) is 15.5 Å². The Morgan fingerprint density at radius 3 is 2.61 bits per heavy atom. The van der Waals surface area contributed by atoms with Crippen LogP contribution in [0.5, 0.6) is 0 Å². The van der Waals surface area contributed by atoms with Gasteiger partial charge in [0.05, 0.1) is 26.4 Å². The Labute approximate surface area is 168 Å². The number of benzene rings is 1. The van der Waals surface area contributed by atoms with Crippen molar-refractivity contribution in [2.24, 2.45) is 10.9 Å². The number of hydrogen-bond donors (Lipinski definition) is 2. The smallest absolute Gasteiger partial charge is 0.251 e. The molecule has 156 valence electrons. The van der Waals surface area contributed by atoms with Gasteiger partial charge >= 0.3 is 0 Å². The summed E-state index contributed by atoms with van der Waals surface area (Å²) < 4.78 is 10.7. The molecule has 0 bridgehead atoms. The molecule has 1 heterocycles. The summed E-state index contributed by atoms with van der Waals surface area (Å²) in [7, 11) is 1.69. The first-order valence-electron chi connectivity index (χ1n) is 10.1. The fraction of sp³-hybridized carbons (Fsp3) is 0.619. The highest BCUT2D eigenvalue weighted by Gasteiger charge is 2.24. The van der Waals surface area contributed by atoms with Crippen LogP contribution in [0.2, 0.25) is 0 Å². The van der Waals surface area contributed by atoms with Gasteiger partial charge in [-0.25, -0.2) is 4.99 Å². The molecular formula is C21H34N4O3. The van der Waals surface area contributed by atoms with Crippen LogP contribution in [0.3, 0.4) is 0 Å². The molecule has 0 aliphatic carbocycles. The first kappa shape index (κ1) is 22.2. The summed E-state index contributed by atoms with van der Waals surface area (Å²) >= 11 is 0. The lowest BCUT2D eigenvalue weighted by Gasteiger charge is -2.21. The van der Waals surface area contributed by atoms with Gasteiger partial charge in [0.25, 0.3) is 5.91 Å². The summed E-state index contributed by atoms with van der Waals surface area (Å²) in [5.74, 6) is 1.42. The van der Waals surface area contributed by atoms with Gasteiger partial charge in [0.1, 0.15) is 0 Å². The number of hydrogen-bond acceptors (Lipinski definition) is 4. The first-order valence-corrected chi connectivity index (χ1v) is 10.1. The number of carbonyl (C=O) groups is 1. The topological polar surface area (TPSA) is 75.2 Å². The second-order valence-corrected chi connectivity index (χ2v) is 6.89. The zero-order chi connectivity index (χ0) is 20.2. The highest BCUT2D eigenvalue weighted by Crippen LogP contribution is 2.17. The molecule has 0 spiro atoms. The SMILES string of the molecule is CCNC(=O)c1ccc(CN=C(NCC)N2CCC(COCCOC)C2)cc1. The van der Waals surface area contributed by atoms with Crippen LogP contribution in [-0.2, 0) is 16.0 Å². The van der Waals surface area contributed by atoms with Gasteiger partial charge in [0.2, 0.25) is 0 Å². The largest absolute Gasteiger partial charge is 0.382 e. The van der Waals surface area contributed by atoms with Gasteiger partial charge < -0.3 is 25.0 Å². The number of carbonyl (C=O) groups excluding carboxylic acids is 1. The molecule has 1 aromatic rings. The fourth-order valence-corrected chi connectivity index (χ4v) is 3.17. The van der Waals surface area contributed by atoms with Crippen LogP contribution in [0, 0.1) is 5.92 Å². The summed E-state index contributed by atoms with van der Waals surface area (Å²) in [6, 6.07) is 7.64. The minimum absolute atomic E-state index is 0.0401. The van der Waals surface area contributed by atoms with E-state index in [4.69, 9.17) is 14.5 Å². The van der Waals surface area contributed by atoms with Crippen molar-refractivity contribution in [3.05, 3.63) is 35.4 Å². The molecule has 1 aliphatic rings. The van der Waals surface area contributed by atoms with E-state index in [9.17, 15) is 4.79 Å². The molecule has 0 aromatic heterocycles. The lowest BCUT2D eigenvalue weighted by molar-refractivity contribution is 0.0536. The predicted octanol–water partition coefficient (Wildman–Crippen LogP) is 1.89. The number of nitrogens with one attached hydrogen (secondary N) is 2. The monoisotopic (exact) mass is 390 g/mol. The van der Waals surface area contributed by atoms with Gasteiger partial charge in [-0.2, -0.15) is 0 Å². The molecule has 1 saturated heterocycles. The molecule has 1 atom stereocenters. The van der Waals surface area contributed by atoms with Crippen LogP contribution in [-0.4, -0.2) is 69.9 Å². The van der Waals surface area contributed by atoms with Gasteiger partial charge in [-0.15, -0.1) is 0 Å². The van der Waals surface area contributed by atoms with Crippen LogP contribution < -0.4 is 10.6 Å². The summed E-state index contributed by atoms with van der Waals surface area (Å²) in [5.41, 5.74) is 1.76. The molecule has 1 unspecified atom stereocenters. The van der Waals surface area contributed by atoms with Crippen molar-refractivity contribution in [1.29, 1.82) is 0 Å². The van der Waals surface area contributed by atoms with Crippen LogP contribution in [0.15, 0.2) is 29.3 Å². The van der Waals surface area contributed by atoms with Crippen molar-refractivity contribution < 1.29 is 14.3 Å². The van der Waals surface area contributed by atoms with E-state index in [0.717, 1.165) is 44.2 Å². The van der Waals surface area contributed by atoms with Crippen molar-refractivity contribution >= 4 is 11.9 Å². The third-order valence-electron chi connectivity index (χ3n) is 4.67. The van der Waals surface area contributed by atoms with E-state index < -0.39 is 0 Å². The van der Waals surface area contributed by atoms with Crippen molar-refractivity contribution in [3.8, 4) is 0 Å².